The zero-order chi connectivity index (χ0) is 10.4. The van der Waals surface area contributed by atoms with Crippen LogP contribution in [0.1, 0.15) is 11.1 Å². The third-order valence-corrected chi connectivity index (χ3v) is 2.82. The van der Waals surface area contributed by atoms with Gasteiger partial charge in [-0.25, -0.2) is 0 Å². The maximum absolute atomic E-state index is 5.09. The minimum absolute atomic E-state index is 0.660. The number of nitrogens with one attached hydrogen (secondary N) is 1. The molecule has 0 aliphatic rings. The molecule has 0 heterocycles. The monoisotopic (exact) mass is 257 g/mol. The molecule has 2 nitrogen and oxygen atoms in total. The van der Waals surface area contributed by atoms with Gasteiger partial charge in [0.05, 0.1) is 6.61 Å². The molecule has 0 aliphatic heterocycles. The Bertz CT molecular complexity index is 289. The van der Waals surface area contributed by atoms with Crippen molar-refractivity contribution in [1.82, 2.24) is 5.32 Å². The van der Waals surface area contributed by atoms with Crippen LogP contribution in [-0.2, 0) is 17.8 Å². The van der Waals surface area contributed by atoms with Crippen LogP contribution in [0.3, 0.4) is 0 Å². The minimum Gasteiger partial charge on any atom is -0.380 e. The molecule has 1 aromatic rings. The van der Waals surface area contributed by atoms with E-state index in [0.29, 0.717) is 6.61 Å². The van der Waals surface area contributed by atoms with Crippen molar-refractivity contribution >= 4 is 15.9 Å². The largest absolute Gasteiger partial charge is 0.380 e. The van der Waals surface area contributed by atoms with E-state index in [2.05, 4.69) is 39.4 Å². The van der Waals surface area contributed by atoms with E-state index in [4.69, 9.17) is 4.74 Å². The first-order valence-electron chi connectivity index (χ1n) is 4.68. The van der Waals surface area contributed by atoms with Gasteiger partial charge in [0, 0.05) is 11.6 Å². The molecule has 3 heteroatoms. The molecular formula is C11H16BrNO. The topological polar surface area (TPSA) is 21.3 Å². The summed E-state index contributed by atoms with van der Waals surface area (Å²) in [5, 5.41) is 3.14. The maximum atomic E-state index is 5.09. The fraction of sp³-hybridized carbons (Fsp3) is 0.455. The SMILES string of the molecule is CNCCc1ccc(COC)c(Br)c1. The summed E-state index contributed by atoms with van der Waals surface area (Å²) in [5.74, 6) is 0. The van der Waals surface area contributed by atoms with Crippen LogP contribution < -0.4 is 5.32 Å². The molecule has 0 unspecified atom stereocenters. The van der Waals surface area contributed by atoms with Crippen molar-refractivity contribution in [3.63, 3.8) is 0 Å². The first-order valence-corrected chi connectivity index (χ1v) is 5.48. The summed E-state index contributed by atoms with van der Waals surface area (Å²) in [6, 6.07) is 6.42. The highest BCUT2D eigenvalue weighted by atomic mass is 79.9. The highest BCUT2D eigenvalue weighted by Crippen LogP contribution is 2.19. The number of hydrogen-bond acceptors (Lipinski definition) is 2. The first-order chi connectivity index (χ1) is 6.77. The van der Waals surface area contributed by atoms with Crippen molar-refractivity contribution in [2.45, 2.75) is 13.0 Å². The number of methoxy groups -OCH3 is 1. The summed E-state index contributed by atoms with van der Waals surface area (Å²) in [6.45, 7) is 1.67. The molecule has 0 atom stereocenters. The van der Waals surface area contributed by atoms with Gasteiger partial charge in [0.2, 0.25) is 0 Å². The Kier molecular flexibility index (Phi) is 5.15. The van der Waals surface area contributed by atoms with E-state index >= 15 is 0 Å². The molecule has 0 radical (unpaired) electrons. The van der Waals surface area contributed by atoms with E-state index < -0.39 is 0 Å². The number of benzene rings is 1. The third kappa shape index (κ3) is 3.40. The van der Waals surface area contributed by atoms with Gasteiger partial charge in [-0.3, -0.25) is 0 Å². The molecule has 0 saturated heterocycles. The second-order valence-electron chi connectivity index (χ2n) is 3.21. The van der Waals surface area contributed by atoms with E-state index in [1.165, 1.54) is 11.1 Å². The minimum atomic E-state index is 0.660. The highest BCUT2D eigenvalue weighted by molar-refractivity contribution is 9.10. The van der Waals surface area contributed by atoms with Crippen molar-refractivity contribution in [2.75, 3.05) is 20.7 Å². The van der Waals surface area contributed by atoms with Crippen LogP contribution in [0.15, 0.2) is 22.7 Å². The number of ether oxygens (including phenoxy) is 1. The maximum Gasteiger partial charge on any atom is 0.0724 e. The summed E-state index contributed by atoms with van der Waals surface area (Å²) in [7, 11) is 3.68. The Labute approximate surface area is 93.8 Å². The van der Waals surface area contributed by atoms with Crippen LogP contribution in [-0.4, -0.2) is 20.7 Å². The molecule has 0 aliphatic carbocycles. The second-order valence-corrected chi connectivity index (χ2v) is 4.07. The lowest BCUT2D eigenvalue weighted by Crippen LogP contribution is -2.10. The summed E-state index contributed by atoms with van der Waals surface area (Å²) in [5.41, 5.74) is 2.53. The van der Waals surface area contributed by atoms with Gasteiger partial charge in [-0.15, -0.1) is 0 Å². The standard InChI is InChI=1S/C11H16BrNO/c1-13-6-5-9-3-4-10(8-14-2)11(12)7-9/h3-4,7,13H,5-6,8H2,1-2H3. The molecule has 14 heavy (non-hydrogen) atoms. The average molecular weight is 258 g/mol. The molecule has 1 N–H and O–H groups in total. The van der Waals surface area contributed by atoms with Crippen LogP contribution in [0.5, 0.6) is 0 Å². The molecular weight excluding hydrogens is 242 g/mol. The van der Waals surface area contributed by atoms with Gasteiger partial charge in [-0.1, -0.05) is 28.1 Å². The number of hydrogen-bond donors (Lipinski definition) is 1. The fourth-order valence-electron chi connectivity index (χ4n) is 1.29. The molecule has 1 rings (SSSR count). The van der Waals surface area contributed by atoms with Crippen molar-refractivity contribution in [3.05, 3.63) is 33.8 Å². The molecule has 0 spiro atoms. The van der Waals surface area contributed by atoms with Crippen molar-refractivity contribution in [3.8, 4) is 0 Å². The van der Waals surface area contributed by atoms with Crippen LogP contribution in [0.4, 0.5) is 0 Å². The van der Waals surface area contributed by atoms with E-state index in [1.54, 1.807) is 7.11 Å². The second kappa shape index (κ2) is 6.17. The first kappa shape index (κ1) is 11.7. The van der Waals surface area contributed by atoms with Gasteiger partial charge >= 0.3 is 0 Å². The highest BCUT2D eigenvalue weighted by Gasteiger charge is 2.00. The van der Waals surface area contributed by atoms with E-state index in [-0.39, 0.29) is 0 Å². The number of rotatable bonds is 5. The van der Waals surface area contributed by atoms with Gasteiger partial charge in [-0.2, -0.15) is 0 Å². The van der Waals surface area contributed by atoms with E-state index in [1.807, 2.05) is 7.05 Å². The Morgan fingerprint density at radius 1 is 1.43 bits per heavy atom. The molecule has 0 aromatic heterocycles. The third-order valence-electron chi connectivity index (χ3n) is 2.08. The van der Waals surface area contributed by atoms with Gasteiger partial charge in [0.25, 0.3) is 0 Å². The van der Waals surface area contributed by atoms with Gasteiger partial charge in [0.15, 0.2) is 0 Å². The summed E-state index contributed by atoms with van der Waals surface area (Å²) >= 11 is 3.54. The quantitative estimate of drug-likeness (QED) is 0.875. The summed E-state index contributed by atoms with van der Waals surface area (Å²) in [4.78, 5) is 0. The van der Waals surface area contributed by atoms with Crippen molar-refractivity contribution in [1.29, 1.82) is 0 Å². The molecule has 1 aromatic carbocycles. The smallest absolute Gasteiger partial charge is 0.0724 e. The lowest BCUT2D eigenvalue weighted by atomic mass is 10.1. The number of likely N-dealkylation sites (N-methyl/N-ethyl adjacent to an activating group) is 1. The van der Waals surface area contributed by atoms with Gasteiger partial charge in [0.1, 0.15) is 0 Å². The fourth-order valence-corrected chi connectivity index (χ4v) is 1.83. The lowest BCUT2D eigenvalue weighted by Gasteiger charge is -2.06. The molecule has 0 amide bonds. The Morgan fingerprint density at radius 3 is 2.79 bits per heavy atom. The van der Waals surface area contributed by atoms with E-state index in [9.17, 15) is 0 Å². The Hall–Kier alpha value is -0.380. The summed E-state index contributed by atoms with van der Waals surface area (Å²) in [6.07, 6.45) is 1.06. The van der Waals surface area contributed by atoms with Crippen LogP contribution in [0.25, 0.3) is 0 Å². The molecule has 0 saturated carbocycles. The predicted octanol–water partition coefficient (Wildman–Crippen LogP) is 2.36. The summed E-state index contributed by atoms with van der Waals surface area (Å²) < 4.78 is 6.22. The van der Waals surface area contributed by atoms with Crippen LogP contribution in [0, 0.1) is 0 Å². The van der Waals surface area contributed by atoms with Crippen LogP contribution in [0.2, 0.25) is 0 Å². The molecule has 78 valence electrons. The van der Waals surface area contributed by atoms with Crippen molar-refractivity contribution < 1.29 is 4.74 Å². The molecule has 0 bridgehead atoms. The number of halogens is 1. The van der Waals surface area contributed by atoms with Gasteiger partial charge in [-0.05, 0) is 37.2 Å². The zero-order valence-corrected chi connectivity index (χ0v) is 10.2. The van der Waals surface area contributed by atoms with E-state index in [0.717, 1.165) is 17.4 Å². The Morgan fingerprint density at radius 2 is 2.21 bits per heavy atom. The van der Waals surface area contributed by atoms with Gasteiger partial charge < -0.3 is 10.1 Å². The molecule has 0 fully saturated rings. The van der Waals surface area contributed by atoms with Crippen molar-refractivity contribution in [2.24, 2.45) is 0 Å². The predicted molar refractivity (Wildman–Crippen MR) is 62.5 cm³/mol. The lowest BCUT2D eigenvalue weighted by molar-refractivity contribution is 0.184. The average Bonchev–Trinajstić information content (AvgIpc) is 2.19. The normalized spacial score (nSPS) is 10.5. The zero-order valence-electron chi connectivity index (χ0n) is 8.64. The Balaban J connectivity index is 2.68. The van der Waals surface area contributed by atoms with Crippen LogP contribution >= 0.6 is 15.9 Å².